The van der Waals surface area contributed by atoms with Crippen LogP contribution in [0.15, 0.2) is 5.20 Å². The van der Waals surface area contributed by atoms with Crippen LogP contribution in [-0.4, -0.2) is 8.07 Å². The van der Waals surface area contributed by atoms with Crippen LogP contribution in [0.1, 0.15) is 6.92 Å². The number of hydrogen-bond donors (Lipinski definition) is 0. The molecule has 0 aliphatic heterocycles. The van der Waals surface area contributed by atoms with Gasteiger partial charge < -0.3 is 6.58 Å². The molecule has 0 amide bonds. The van der Waals surface area contributed by atoms with E-state index in [-0.39, 0.29) is 32.7 Å². The SMILES string of the molecule is [CH-]=C(C)[Si](C)(C)C.[Y]. The van der Waals surface area contributed by atoms with Crippen LogP contribution in [-0.2, 0) is 32.7 Å². The van der Waals surface area contributed by atoms with Crippen molar-refractivity contribution in [1.82, 2.24) is 0 Å². The van der Waals surface area contributed by atoms with Gasteiger partial charge in [-0.25, -0.2) is 0 Å². The number of hydrogen-bond acceptors (Lipinski definition) is 0. The Morgan fingerprint density at radius 3 is 1.38 bits per heavy atom. The van der Waals surface area contributed by atoms with Crippen molar-refractivity contribution in [2.24, 2.45) is 0 Å². The van der Waals surface area contributed by atoms with Gasteiger partial charge in [-0.15, -0.1) is 0 Å². The summed E-state index contributed by atoms with van der Waals surface area (Å²) in [6, 6.07) is 0. The minimum atomic E-state index is -1.04. The van der Waals surface area contributed by atoms with Crippen LogP contribution in [0.4, 0.5) is 0 Å². The monoisotopic (exact) mass is 202 g/mol. The Labute approximate surface area is 78.6 Å². The molecule has 0 N–H and O–H groups in total. The first-order valence-electron chi connectivity index (χ1n) is 2.54. The van der Waals surface area contributed by atoms with Gasteiger partial charge >= 0.3 is 0 Å². The van der Waals surface area contributed by atoms with Crippen molar-refractivity contribution in [3.63, 3.8) is 0 Å². The summed E-state index contributed by atoms with van der Waals surface area (Å²) in [5.74, 6) is 0. The van der Waals surface area contributed by atoms with Crippen LogP contribution in [0.25, 0.3) is 0 Å². The van der Waals surface area contributed by atoms with E-state index in [1.54, 1.807) is 0 Å². The second-order valence-electron chi connectivity index (χ2n) is 2.93. The average Bonchev–Trinajstić information content (AvgIpc) is 1.31. The second kappa shape index (κ2) is 3.97. The molecule has 0 rings (SSSR count). The molecule has 0 unspecified atom stereocenters. The zero-order valence-electron chi connectivity index (χ0n) is 6.15. The molecular formula is C6H13SiY-. The van der Waals surface area contributed by atoms with Crippen molar-refractivity contribution in [2.75, 3.05) is 0 Å². The summed E-state index contributed by atoms with van der Waals surface area (Å²) in [4.78, 5) is 0. The van der Waals surface area contributed by atoms with Gasteiger partial charge in [0.1, 0.15) is 0 Å². The summed E-state index contributed by atoms with van der Waals surface area (Å²) in [5, 5.41) is 1.13. The molecule has 0 aromatic heterocycles. The summed E-state index contributed by atoms with van der Waals surface area (Å²) >= 11 is 0. The van der Waals surface area contributed by atoms with Crippen LogP contribution in [0.3, 0.4) is 0 Å². The minimum absolute atomic E-state index is 0. The fraction of sp³-hybridized carbons (Fsp3) is 0.667. The Kier molecular flexibility index (Phi) is 5.86. The summed E-state index contributed by atoms with van der Waals surface area (Å²) in [7, 11) is -1.04. The molecule has 0 atom stereocenters. The van der Waals surface area contributed by atoms with E-state index in [0.717, 1.165) is 5.20 Å². The Balaban J connectivity index is 0. The van der Waals surface area contributed by atoms with E-state index in [2.05, 4.69) is 19.6 Å². The molecule has 0 bridgehead atoms. The molecule has 0 heterocycles. The molecule has 0 aliphatic rings. The van der Waals surface area contributed by atoms with Gasteiger partial charge in [0.15, 0.2) is 0 Å². The second-order valence-corrected chi connectivity index (χ2v) is 8.22. The zero-order chi connectivity index (χ0) is 6.08. The van der Waals surface area contributed by atoms with Crippen LogP contribution in [0.5, 0.6) is 0 Å². The molecule has 0 aliphatic carbocycles. The van der Waals surface area contributed by atoms with Gasteiger partial charge in [-0.3, -0.25) is 5.20 Å². The van der Waals surface area contributed by atoms with E-state index in [1.807, 2.05) is 6.92 Å². The average molecular weight is 202 g/mol. The summed E-state index contributed by atoms with van der Waals surface area (Å²) in [6.07, 6.45) is 0. The van der Waals surface area contributed by atoms with E-state index in [9.17, 15) is 0 Å². The van der Waals surface area contributed by atoms with Crippen molar-refractivity contribution in [1.29, 1.82) is 0 Å². The normalized spacial score (nSPS) is 10.0. The Morgan fingerprint density at radius 2 is 1.38 bits per heavy atom. The number of rotatable bonds is 1. The van der Waals surface area contributed by atoms with Crippen LogP contribution >= 0.6 is 0 Å². The van der Waals surface area contributed by atoms with Gasteiger partial charge in [-0.1, -0.05) is 26.6 Å². The van der Waals surface area contributed by atoms with Gasteiger partial charge in [0, 0.05) is 40.8 Å². The van der Waals surface area contributed by atoms with Crippen LogP contribution in [0, 0.1) is 6.58 Å². The van der Waals surface area contributed by atoms with Crippen LogP contribution < -0.4 is 0 Å². The molecule has 0 spiro atoms. The van der Waals surface area contributed by atoms with Crippen molar-refractivity contribution < 1.29 is 32.7 Å². The predicted octanol–water partition coefficient (Wildman–Crippen LogP) is 2.24. The molecule has 0 saturated carbocycles. The van der Waals surface area contributed by atoms with Gasteiger partial charge in [0.25, 0.3) is 0 Å². The van der Waals surface area contributed by atoms with E-state index in [1.165, 1.54) is 0 Å². The van der Waals surface area contributed by atoms with E-state index < -0.39 is 8.07 Å². The third-order valence-electron chi connectivity index (χ3n) is 1.18. The molecule has 0 aromatic rings. The van der Waals surface area contributed by atoms with E-state index in [0.29, 0.717) is 0 Å². The van der Waals surface area contributed by atoms with Gasteiger partial charge in [0.05, 0.1) is 0 Å². The molecule has 0 aromatic carbocycles. The maximum atomic E-state index is 5.55. The quantitative estimate of drug-likeness (QED) is 0.452. The molecule has 0 nitrogen and oxygen atoms in total. The van der Waals surface area contributed by atoms with Gasteiger partial charge in [-0.05, 0) is 0 Å². The standard InChI is InChI=1S/C6H13Si.Y/c1-6(2)7(3,4)5;/h1H,2-5H3;/q-1;. The maximum absolute atomic E-state index is 5.55. The third kappa shape index (κ3) is 5.20. The molecule has 2 heteroatoms. The fourth-order valence-corrected chi connectivity index (χ4v) is 0. The largest absolute Gasteiger partial charge is 0.519 e. The fourth-order valence-electron chi connectivity index (χ4n) is 0. The molecule has 0 fully saturated rings. The molecule has 45 valence electrons. The molecule has 1 radical (unpaired) electrons. The van der Waals surface area contributed by atoms with Gasteiger partial charge in [-0.2, -0.15) is 0 Å². The summed E-state index contributed by atoms with van der Waals surface area (Å²) in [5.41, 5.74) is 0. The first kappa shape index (κ1) is 11.8. The van der Waals surface area contributed by atoms with Crippen molar-refractivity contribution in [3.05, 3.63) is 11.8 Å². The topological polar surface area (TPSA) is 0 Å². The van der Waals surface area contributed by atoms with Crippen LogP contribution in [0.2, 0.25) is 19.6 Å². The van der Waals surface area contributed by atoms with Crippen molar-refractivity contribution >= 4 is 8.07 Å². The molecule has 0 saturated heterocycles. The van der Waals surface area contributed by atoms with E-state index in [4.69, 9.17) is 6.58 Å². The zero-order valence-corrected chi connectivity index (χ0v) is 9.99. The number of allylic oxidation sites excluding steroid dienone is 1. The van der Waals surface area contributed by atoms with Crippen molar-refractivity contribution in [3.8, 4) is 0 Å². The summed E-state index contributed by atoms with van der Waals surface area (Å²) < 4.78 is 0. The predicted molar refractivity (Wildman–Crippen MR) is 36.8 cm³/mol. The van der Waals surface area contributed by atoms with Crippen molar-refractivity contribution in [2.45, 2.75) is 26.6 Å². The van der Waals surface area contributed by atoms with Gasteiger partial charge in [0.2, 0.25) is 0 Å². The van der Waals surface area contributed by atoms with E-state index >= 15 is 0 Å². The first-order chi connectivity index (χ1) is 2.94. The Morgan fingerprint density at radius 1 is 1.25 bits per heavy atom. The molecular weight excluding hydrogens is 189 g/mol. The Hall–Kier alpha value is 1.06. The first-order valence-corrected chi connectivity index (χ1v) is 6.04. The molecule has 8 heavy (non-hydrogen) atoms. The summed E-state index contributed by atoms with van der Waals surface area (Å²) in [6.45, 7) is 14.3. The third-order valence-corrected chi connectivity index (χ3v) is 3.55. The Bertz CT molecular complexity index is 81.0. The smallest absolute Gasteiger partial charge is 0.0362 e. The minimum Gasteiger partial charge on any atom is -0.519 e. The maximum Gasteiger partial charge on any atom is 0.0362 e.